The van der Waals surface area contributed by atoms with E-state index in [9.17, 15) is 4.79 Å². The summed E-state index contributed by atoms with van der Waals surface area (Å²) in [6.07, 6.45) is 5.12. The first-order chi connectivity index (χ1) is 9.65. The minimum Gasteiger partial charge on any atom is -0.341 e. The molecule has 0 aliphatic carbocycles. The molecule has 0 atom stereocenters. The Hall–Kier alpha value is -1.21. The zero-order chi connectivity index (χ0) is 14.1. The molecule has 0 radical (unpaired) electrons. The Balaban J connectivity index is 1.88. The Morgan fingerprint density at radius 2 is 2.15 bits per heavy atom. The molecule has 7 heteroatoms. The molecule has 0 spiro atoms. The van der Waals surface area contributed by atoms with Crippen molar-refractivity contribution in [2.45, 2.75) is 25.8 Å². The van der Waals surface area contributed by atoms with E-state index in [0.29, 0.717) is 4.77 Å². The summed E-state index contributed by atoms with van der Waals surface area (Å²) in [5.41, 5.74) is 1.57. The summed E-state index contributed by atoms with van der Waals surface area (Å²) in [6.45, 7) is 1.97. The average molecular weight is 355 g/mol. The Bertz CT molecular complexity index is 702. The minimum atomic E-state index is 0.117. The largest absolute Gasteiger partial charge is 0.341 e. The maximum atomic E-state index is 12.3. The fourth-order valence-corrected chi connectivity index (χ4v) is 3.14. The Labute approximate surface area is 130 Å². The average Bonchev–Trinajstić information content (AvgIpc) is 2.75. The molecule has 0 aromatic carbocycles. The van der Waals surface area contributed by atoms with Crippen molar-refractivity contribution < 1.29 is 4.79 Å². The molecule has 106 valence electrons. The molecule has 1 N–H and O–H groups in total. The topological polar surface area (TPSA) is 53.9 Å². The maximum Gasteiger partial charge on any atom is 0.242 e. The molecule has 1 saturated heterocycles. The van der Waals surface area contributed by atoms with Crippen molar-refractivity contribution in [1.29, 1.82) is 0 Å². The molecule has 3 rings (SSSR count). The number of carbonyl (C=O) groups excluding carboxylic acids is 1. The first-order valence-corrected chi connectivity index (χ1v) is 7.87. The highest BCUT2D eigenvalue weighted by molar-refractivity contribution is 9.10. The molecular formula is C13H15BrN4OS. The van der Waals surface area contributed by atoms with Crippen LogP contribution in [0.3, 0.4) is 0 Å². The number of pyridine rings is 1. The highest BCUT2D eigenvalue weighted by atomic mass is 79.9. The third kappa shape index (κ3) is 2.64. The zero-order valence-corrected chi connectivity index (χ0v) is 13.3. The second kappa shape index (κ2) is 5.65. The number of rotatable bonds is 2. The summed E-state index contributed by atoms with van der Waals surface area (Å²) in [5.74, 6) is 0.117. The maximum absolute atomic E-state index is 12.3. The van der Waals surface area contributed by atoms with Crippen LogP contribution in [0.2, 0.25) is 0 Å². The van der Waals surface area contributed by atoms with Gasteiger partial charge in [-0.15, -0.1) is 0 Å². The number of H-pyrrole nitrogens is 1. The Morgan fingerprint density at radius 1 is 1.40 bits per heavy atom. The van der Waals surface area contributed by atoms with Gasteiger partial charge in [-0.2, -0.15) is 0 Å². The molecule has 2 aromatic heterocycles. The standard InChI is InChI=1S/C13H15BrN4OS/c14-9-6-10-12(15-7-9)18(13(20)16-10)8-11(19)17-4-2-1-3-5-17/h6-7H,1-5,8H2,(H,16,20). The van der Waals surface area contributed by atoms with Crippen LogP contribution >= 0.6 is 28.1 Å². The molecule has 5 nitrogen and oxygen atoms in total. The number of hydrogen-bond acceptors (Lipinski definition) is 3. The van der Waals surface area contributed by atoms with Gasteiger partial charge in [0.2, 0.25) is 5.91 Å². The number of nitrogens with zero attached hydrogens (tertiary/aromatic N) is 3. The molecule has 1 fully saturated rings. The van der Waals surface area contributed by atoms with Crippen LogP contribution in [0, 0.1) is 4.77 Å². The Morgan fingerprint density at radius 3 is 2.90 bits per heavy atom. The van der Waals surface area contributed by atoms with Crippen LogP contribution in [0.4, 0.5) is 0 Å². The van der Waals surface area contributed by atoms with Crippen LogP contribution in [0.15, 0.2) is 16.7 Å². The first kappa shape index (κ1) is 13.8. The van der Waals surface area contributed by atoms with E-state index in [4.69, 9.17) is 12.2 Å². The van der Waals surface area contributed by atoms with Crippen LogP contribution in [0.25, 0.3) is 11.2 Å². The first-order valence-electron chi connectivity index (χ1n) is 6.67. The molecule has 0 saturated carbocycles. The highest BCUT2D eigenvalue weighted by Gasteiger charge is 2.18. The van der Waals surface area contributed by atoms with E-state index in [1.165, 1.54) is 6.42 Å². The molecule has 3 heterocycles. The van der Waals surface area contributed by atoms with Gasteiger partial charge >= 0.3 is 0 Å². The van der Waals surface area contributed by atoms with Gasteiger partial charge in [0.25, 0.3) is 0 Å². The fraction of sp³-hybridized carbons (Fsp3) is 0.462. The highest BCUT2D eigenvalue weighted by Crippen LogP contribution is 2.17. The molecule has 1 amide bonds. The smallest absolute Gasteiger partial charge is 0.242 e. The third-order valence-corrected chi connectivity index (χ3v) is 4.33. The predicted molar refractivity (Wildman–Crippen MR) is 83.0 cm³/mol. The van der Waals surface area contributed by atoms with Gasteiger partial charge < -0.3 is 9.88 Å². The van der Waals surface area contributed by atoms with E-state index in [1.54, 1.807) is 10.8 Å². The van der Waals surface area contributed by atoms with E-state index in [2.05, 4.69) is 25.9 Å². The van der Waals surface area contributed by atoms with Crippen molar-refractivity contribution in [3.8, 4) is 0 Å². The number of nitrogens with one attached hydrogen (secondary N) is 1. The number of amides is 1. The van der Waals surface area contributed by atoms with E-state index in [0.717, 1.165) is 41.6 Å². The van der Waals surface area contributed by atoms with Gasteiger partial charge in [0.05, 0.1) is 5.52 Å². The number of hydrogen-bond donors (Lipinski definition) is 1. The van der Waals surface area contributed by atoms with Crippen molar-refractivity contribution in [2.24, 2.45) is 0 Å². The van der Waals surface area contributed by atoms with Gasteiger partial charge in [-0.3, -0.25) is 9.36 Å². The van der Waals surface area contributed by atoms with Gasteiger partial charge in [-0.1, -0.05) is 0 Å². The van der Waals surface area contributed by atoms with E-state index in [-0.39, 0.29) is 12.5 Å². The second-order valence-electron chi connectivity index (χ2n) is 4.98. The molecule has 1 aliphatic heterocycles. The zero-order valence-electron chi connectivity index (χ0n) is 10.9. The van der Waals surface area contributed by atoms with Crippen LogP contribution in [0.5, 0.6) is 0 Å². The Kier molecular flexibility index (Phi) is 3.89. The number of aromatic amines is 1. The van der Waals surface area contributed by atoms with Crippen LogP contribution < -0.4 is 0 Å². The molecule has 2 aromatic rings. The summed E-state index contributed by atoms with van der Waals surface area (Å²) in [7, 11) is 0. The third-order valence-electron chi connectivity index (χ3n) is 3.58. The van der Waals surface area contributed by atoms with Crippen LogP contribution in [-0.2, 0) is 11.3 Å². The normalized spacial score (nSPS) is 15.8. The van der Waals surface area contributed by atoms with E-state index in [1.807, 2.05) is 11.0 Å². The SMILES string of the molecule is O=C(Cn1c(=S)[nH]c2cc(Br)cnc21)N1CCCCC1. The van der Waals surface area contributed by atoms with Crippen LogP contribution in [0.1, 0.15) is 19.3 Å². The monoisotopic (exact) mass is 354 g/mol. The lowest BCUT2D eigenvalue weighted by Crippen LogP contribution is -2.37. The molecule has 0 bridgehead atoms. The second-order valence-corrected chi connectivity index (χ2v) is 6.28. The van der Waals surface area contributed by atoms with Crippen molar-refractivity contribution in [3.63, 3.8) is 0 Å². The van der Waals surface area contributed by atoms with Gasteiger partial charge in [0.1, 0.15) is 6.54 Å². The lowest BCUT2D eigenvalue weighted by atomic mass is 10.1. The van der Waals surface area contributed by atoms with Gasteiger partial charge in [0, 0.05) is 23.8 Å². The number of halogens is 1. The number of fused-ring (bicyclic) bond motifs is 1. The van der Waals surface area contributed by atoms with Gasteiger partial charge in [0.15, 0.2) is 10.4 Å². The van der Waals surface area contributed by atoms with Crippen molar-refractivity contribution in [3.05, 3.63) is 21.5 Å². The fourth-order valence-electron chi connectivity index (χ4n) is 2.54. The summed E-state index contributed by atoms with van der Waals surface area (Å²) in [6, 6.07) is 1.92. The molecule has 1 aliphatic rings. The summed E-state index contributed by atoms with van der Waals surface area (Å²) in [4.78, 5) is 21.7. The summed E-state index contributed by atoms with van der Waals surface area (Å²) >= 11 is 8.68. The molecule has 20 heavy (non-hydrogen) atoms. The quantitative estimate of drug-likeness (QED) is 0.843. The number of piperidine rings is 1. The van der Waals surface area contributed by atoms with Crippen molar-refractivity contribution in [1.82, 2.24) is 19.4 Å². The van der Waals surface area contributed by atoms with Gasteiger partial charge in [-0.05, 0) is 53.5 Å². The predicted octanol–water partition coefficient (Wildman–Crippen LogP) is 2.87. The lowest BCUT2D eigenvalue weighted by molar-refractivity contribution is -0.132. The van der Waals surface area contributed by atoms with Crippen molar-refractivity contribution in [2.75, 3.05) is 13.1 Å². The van der Waals surface area contributed by atoms with E-state index >= 15 is 0 Å². The summed E-state index contributed by atoms with van der Waals surface area (Å²) < 4.78 is 3.19. The van der Waals surface area contributed by atoms with Gasteiger partial charge in [-0.25, -0.2) is 4.98 Å². The van der Waals surface area contributed by atoms with Crippen LogP contribution in [-0.4, -0.2) is 38.4 Å². The van der Waals surface area contributed by atoms with Crippen molar-refractivity contribution >= 4 is 45.2 Å². The molecule has 0 unspecified atom stereocenters. The number of aromatic nitrogens is 3. The number of carbonyl (C=O) groups is 1. The summed E-state index contributed by atoms with van der Waals surface area (Å²) in [5, 5.41) is 0. The minimum absolute atomic E-state index is 0.117. The lowest BCUT2D eigenvalue weighted by Gasteiger charge is -2.26. The van der Waals surface area contributed by atoms with E-state index < -0.39 is 0 Å². The molecular weight excluding hydrogens is 340 g/mol. The number of likely N-dealkylation sites (tertiary alicyclic amines) is 1. The number of imidazole rings is 1.